The molecule has 29 heteroatoms. The van der Waals surface area contributed by atoms with E-state index in [0.717, 1.165) is 12.1 Å². The largest absolute Gasteiger partial charge is 0.495 e. The van der Waals surface area contributed by atoms with Crippen molar-refractivity contribution in [2.75, 3.05) is 49.6 Å². The first-order valence-electron chi connectivity index (χ1n) is 16.9. The molecule has 0 spiro atoms. The molecule has 0 heterocycles. The molecule has 62 heavy (non-hydrogen) atoms. The van der Waals surface area contributed by atoms with Gasteiger partial charge in [0.25, 0.3) is 40.5 Å². The lowest BCUT2D eigenvalue weighted by atomic mass is 10.2. The predicted octanol–water partition coefficient (Wildman–Crippen LogP) is 7.29. The summed E-state index contributed by atoms with van der Waals surface area (Å²) < 4.78 is 151. The van der Waals surface area contributed by atoms with Crippen LogP contribution in [0.1, 0.15) is 12.8 Å². The molecule has 0 aliphatic carbocycles. The van der Waals surface area contributed by atoms with E-state index in [4.69, 9.17) is 51.3 Å². The molecule has 0 unspecified atom stereocenters. The number of carbonyl (C=O) groups is 1. The van der Waals surface area contributed by atoms with Gasteiger partial charge in [-0.05, 0) is 61.4 Å². The highest BCUT2D eigenvalue weighted by molar-refractivity contribution is 7.86. The van der Waals surface area contributed by atoms with E-state index in [9.17, 15) is 47.6 Å². The Morgan fingerprint density at radius 2 is 0.935 bits per heavy atom. The number of nitrogens with zero attached hydrogens (tertiary/aromatic N) is 4. The van der Waals surface area contributed by atoms with Gasteiger partial charge in [-0.3, -0.25) is 18.2 Å². The Bertz CT molecular complexity index is 2660. The number of rotatable bonds is 20. The van der Waals surface area contributed by atoms with Crippen molar-refractivity contribution in [3.05, 3.63) is 70.7 Å². The van der Waals surface area contributed by atoms with Crippen LogP contribution in [0, 0.1) is 0 Å². The molecule has 6 N–H and O–H groups in total. The number of methoxy groups -OCH3 is 2. The highest BCUT2D eigenvalue weighted by Crippen LogP contribution is 2.40. The van der Waals surface area contributed by atoms with Gasteiger partial charge in [0.2, 0.25) is 0 Å². The Morgan fingerprint density at radius 3 is 1.26 bits per heavy atom. The molecule has 23 nitrogen and oxygen atoms in total. The maximum Gasteiger partial charge on any atom is 0.323 e. The average molecular weight is 986 g/mol. The van der Waals surface area contributed by atoms with Crippen molar-refractivity contribution in [3.63, 3.8) is 0 Å². The minimum absolute atomic E-state index is 0.0686. The molecule has 4 aromatic carbocycles. The first kappa shape index (κ1) is 49.4. The van der Waals surface area contributed by atoms with Crippen LogP contribution in [0.5, 0.6) is 23.0 Å². The first-order valence-corrected chi connectivity index (χ1v) is 23.8. The lowest BCUT2D eigenvalue weighted by molar-refractivity contribution is 0.261. The minimum atomic E-state index is -4.73. The van der Waals surface area contributed by atoms with Gasteiger partial charge in [-0.25, -0.2) is 4.79 Å². The van der Waals surface area contributed by atoms with Crippen LogP contribution in [0.15, 0.2) is 90.9 Å². The second-order valence-electron chi connectivity index (χ2n) is 12.2. The fourth-order valence-electron chi connectivity index (χ4n) is 4.88. The van der Waals surface area contributed by atoms with Gasteiger partial charge in [-0.15, -0.1) is 10.2 Å². The number of azo groups is 2. The summed E-state index contributed by atoms with van der Waals surface area (Å²) in [6, 6.07) is 10.7. The van der Waals surface area contributed by atoms with Crippen LogP contribution < -0.4 is 29.6 Å². The Kier molecular flexibility index (Phi) is 16.5. The van der Waals surface area contributed by atoms with E-state index >= 15 is 0 Å². The Labute approximate surface area is 364 Å². The number of urea groups is 1. The standard InChI is InChI=1S/C33H34Cl2N6O17S4/c1-55-27-7-5-19(13-31(27)61(49,50)51)38-40-23-17-29(57-9-3-11-59(43,44)45)25(15-21(23)34)36-33(42)37-26-16-22(35)24(18-30(26)58-10-4-12-60(46,47)48)41-39-20-6-8-28(56-2)32(14-20)62(52,53)54/h5-8,13-18H,3-4,9-12H2,1-2H3,(H2,36,37,42)(H,43,44,45)(H,46,47,48)(H,49,50,51)(H,52,53,54). The summed E-state index contributed by atoms with van der Waals surface area (Å²) in [6.45, 7) is -0.656. The van der Waals surface area contributed by atoms with Crippen LogP contribution in [0.2, 0.25) is 10.0 Å². The summed E-state index contributed by atoms with van der Waals surface area (Å²) in [7, 11) is -15.8. The number of anilines is 2. The second kappa shape index (κ2) is 20.8. The molecule has 4 aromatic rings. The van der Waals surface area contributed by atoms with Gasteiger partial charge in [-0.2, -0.15) is 43.9 Å². The molecule has 0 bridgehead atoms. The SMILES string of the molecule is COc1ccc(N=Nc2cc(OCCCS(=O)(=O)O)c(NC(=O)Nc3cc(Cl)c(N=Nc4ccc(OC)c(S(=O)(=O)O)c4)cc3OCCCS(=O)(=O)O)cc2Cl)cc1S(=O)(=O)O. The Morgan fingerprint density at radius 1 is 0.565 bits per heavy atom. The van der Waals surface area contributed by atoms with Crippen LogP contribution in [0.25, 0.3) is 0 Å². The summed E-state index contributed by atoms with van der Waals surface area (Å²) >= 11 is 12.9. The van der Waals surface area contributed by atoms with E-state index in [-0.39, 0.29) is 93.2 Å². The first-order chi connectivity index (χ1) is 28.9. The molecule has 0 saturated carbocycles. The van der Waals surface area contributed by atoms with Crippen LogP contribution in [0.3, 0.4) is 0 Å². The van der Waals surface area contributed by atoms with Crippen LogP contribution in [-0.4, -0.2) is 96.9 Å². The van der Waals surface area contributed by atoms with E-state index in [2.05, 4.69) is 31.1 Å². The highest BCUT2D eigenvalue weighted by atomic mass is 35.5. The van der Waals surface area contributed by atoms with Crippen LogP contribution in [0.4, 0.5) is 38.9 Å². The zero-order valence-electron chi connectivity index (χ0n) is 31.8. The molecule has 2 amide bonds. The lowest BCUT2D eigenvalue weighted by Gasteiger charge is -2.17. The number of ether oxygens (including phenoxy) is 4. The number of carbonyl (C=O) groups excluding carboxylic acids is 1. The fraction of sp³-hybridized carbons (Fsp3) is 0.242. The van der Waals surface area contributed by atoms with Crippen molar-refractivity contribution < 1.29 is 75.6 Å². The van der Waals surface area contributed by atoms with Crippen molar-refractivity contribution in [1.82, 2.24) is 0 Å². The van der Waals surface area contributed by atoms with Crippen LogP contribution >= 0.6 is 23.2 Å². The number of halogens is 2. The predicted molar refractivity (Wildman–Crippen MR) is 223 cm³/mol. The normalized spacial score (nSPS) is 12.4. The Balaban J connectivity index is 1.67. The summed E-state index contributed by atoms with van der Waals surface area (Å²) in [4.78, 5) is 12.3. The molecule has 336 valence electrons. The summed E-state index contributed by atoms with van der Waals surface area (Å²) in [5, 5.41) is 20.5. The zero-order chi connectivity index (χ0) is 46.0. The van der Waals surface area contributed by atoms with Crippen molar-refractivity contribution in [2.24, 2.45) is 20.5 Å². The topological polar surface area (TPSA) is 345 Å². The maximum absolute atomic E-state index is 13.5. The third kappa shape index (κ3) is 15.0. The van der Waals surface area contributed by atoms with Gasteiger partial charge in [0, 0.05) is 12.1 Å². The molecule has 0 aliphatic heterocycles. The highest BCUT2D eigenvalue weighted by Gasteiger charge is 2.21. The zero-order valence-corrected chi connectivity index (χ0v) is 36.6. The van der Waals surface area contributed by atoms with Gasteiger partial charge in [-0.1, -0.05) is 23.2 Å². The van der Waals surface area contributed by atoms with E-state index in [1.54, 1.807) is 0 Å². The van der Waals surface area contributed by atoms with Gasteiger partial charge in [0.1, 0.15) is 44.2 Å². The molecule has 0 aliphatic rings. The van der Waals surface area contributed by atoms with Gasteiger partial charge >= 0.3 is 6.03 Å². The maximum atomic E-state index is 13.5. The van der Waals surface area contributed by atoms with Gasteiger partial charge < -0.3 is 29.6 Å². The van der Waals surface area contributed by atoms with Crippen molar-refractivity contribution >= 4 is 104 Å². The minimum Gasteiger partial charge on any atom is -0.495 e. The van der Waals surface area contributed by atoms with E-state index in [1.807, 2.05) is 0 Å². The van der Waals surface area contributed by atoms with Crippen molar-refractivity contribution in [2.45, 2.75) is 22.6 Å². The second-order valence-corrected chi connectivity index (χ2v) is 18.9. The fourth-order valence-corrected chi connectivity index (χ4v) is 7.60. The van der Waals surface area contributed by atoms with E-state index in [1.165, 1.54) is 62.8 Å². The molecular weight excluding hydrogens is 952 g/mol. The monoisotopic (exact) mass is 984 g/mol. The number of nitrogens with one attached hydrogen (secondary N) is 2. The molecule has 0 atom stereocenters. The average Bonchev–Trinajstić information content (AvgIpc) is 3.16. The number of hydrogen-bond donors (Lipinski definition) is 6. The molecule has 0 aromatic heterocycles. The van der Waals surface area contributed by atoms with E-state index in [0.29, 0.717) is 0 Å². The quantitative estimate of drug-likeness (QED) is 0.0287. The Hall–Kier alpha value is -5.23. The summed E-state index contributed by atoms with van der Waals surface area (Å²) in [5.41, 5.74) is -0.610. The van der Waals surface area contributed by atoms with Gasteiger partial charge in [0.15, 0.2) is 0 Å². The molecule has 0 fully saturated rings. The lowest BCUT2D eigenvalue weighted by Crippen LogP contribution is -2.21. The van der Waals surface area contributed by atoms with Crippen molar-refractivity contribution in [3.8, 4) is 23.0 Å². The number of hydrogen-bond acceptors (Lipinski definition) is 17. The van der Waals surface area contributed by atoms with Crippen LogP contribution in [-0.2, 0) is 40.5 Å². The molecular formula is C33H34Cl2N6O17S4. The van der Waals surface area contributed by atoms with Crippen molar-refractivity contribution in [1.29, 1.82) is 0 Å². The smallest absolute Gasteiger partial charge is 0.323 e. The third-order valence-electron chi connectivity index (χ3n) is 7.60. The molecule has 0 saturated heterocycles. The summed E-state index contributed by atoms with van der Waals surface area (Å²) in [5.74, 6) is -2.04. The summed E-state index contributed by atoms with van der Waals surface area (Å²) in [6.07, 6.45) is -0.427. The number of benzene rings is 4. The number of amides is 2. The third-order valence-corrected chi connectivity index (χ3v) is 11.6. The molecule has 4 rings (SSSR count). The molecule has 0 radical (unpaired) electrons. The van der Waals surface area contributed by atoms with Gasteiger partial charge in [0.05, 0.1) is 71.7 Å². The van der Waals surface area contributed by atoms with E-state index < -0.39 is 67.8 Å².